The Kier molecular flexibility index (Phi) is 5.76. The van der Waals surface area contributed by atoms with Crippen molar-refractivity contribution in [2.45, 2.75) is 31.8 Å². The number of aromatic nitrogens is 3. The molecule has 6 nitrogen and oxygen atoms in total. The summed E-state index contributed by atoms with van der Waals surface area (Å²) in [5.74, 6) is 2.63. The number of hydrogen-bond donors (Lipinski definition) is 1. The average Bonchev–Trinajstić information content (AvgIpc) is 3.06. The van der Waals surface area contributed by atoms with Crippen molar-refractivity contribution in [2.75, 3.05) is 19.6 Å². The molecule has 4 rings (SSSR count). The molecule has 0 radical (unpaired) electrons. The van der Waals surface area contributed by atoms with Crippen LogP contribution in [0.1, 0.15) is 40.8 Å². The van der Waals surface area contributed by atoms with Crippen molar-refractivity contribution in [3.63, 3.8) is 0 Å². The second-order valence-electron chi connectivity index (χ2n) is 6.35. The van der Waals surface area contributed by atoms with Gasteiger partial charge in [0.1, 0.15) is 11.6 Å². The smallest absolute Gasteiger partial charge is 0.254 e. The Morgan fingerprint density at radius 1 is 1.16 bits per heavy atom. The minimum Gasteiger partial charge on any atom is -0.339 e. The zero-order chi connectivity index (χ0) is 16.5. The molecule has 2 aliphatic heterocycles. The molecule has 3 heterocycles. The summed E-state index contributed by atoms with van der Waals surface area (Å²) in [6.07, 6.45) is 1.89. The Morgan fingerprint density at radius 3 is 2.68 bits per heavy atom. The molecule has 0 unspecified atom stereocenters. The van der Waals surface area contributed by atoms with Crippen LogP contribution in [-0.4, -0.2) is 45.2 Å². The predicted octanol–water partition coefficient (Wildman–Crippen LogP) is 2.59. The van der Waals surface area contributed by atoms with Crippen LogP contribution >= 0.6 is 28.3 Å². The maximum Gasteiger partial charge on any atom is 0.254 e. The first kappa shape index (κ1) is 18.4. The topological polar surface area (TPSA) is 63.1 Å². The van der Waals surface area contributed by atoms with E-state index >= 15 is 0 Å². The number of hydrogen-bond acceptors (Lipinski definition) is 4. The highest BCUT2D eigenvalue weighted by atomic mass is 79.9. The van der Waals surface area contributed by atoms with Crippen molar-refractivity contribution in [2.24, 2.45) is 0 Å². The number of rotatable bonds is 2. The summed E-state index contributed by atoms with van der Waals surface area (Å²) >= 11 is 3.47. The molecule has 1 aromatic heterocycles. The summed E-state index contributed by atoms with van der Waals surface area (Å²) < 4.78 is 3.11. The molecule has 0 saturated carbocycles. The lowest BCUT2D eigenvalue weighted by Crippen LogP contribution is -2.39. The summed E-state index contributed by atoms with van der Waals surface area (Å²) in [4.78, 5) is 14.7. The number of nitrogens with one attached hydrogen (secondary N) is 1. The molecule has 2 aromatic rings. The summed E-state index contributed by atoms with van der Waals surface area (Å²) in [6, 6.07) is 7.62. The fourth-order valence-corrected chi connectivity index (χ4v) is 4.02. The molecular weight excluding hydrogens is 406 g/mol. The predicted molar refractivity (Wildman–Crippen MR) is 101 cm³/mol. The zero-order valence-electron chi connectivity index (χ0n) is 13.8. The lowest BCUT2D eigenvalue weighted by atomic mass is 9.95. The number of nitrogens with zero attached hydrogens (tertiary/aromatic N) is 4. The van der Waals surface area contributed by atoms with Gasteiger partial charge in [0.15, 0.2) is 0 Å². The van der Waals surface area contributed by atoms with Crippen LogP contribution in [0, 0.1) is 0 Å². The molecule has 25 heavy (non-hydrogen) atoms. The molecule has 1 N–H and O–H groups in total. The van der Waals surface area contributed by atoms with Crippen molar-refractivity contribution in [1.82, 2.24) is 25.0 Å². The van der Waals surface area contributed by atoms with Gasteiger partial charge in [0.05, 0.1) is 12.1 Å². The molecule has 1 fully saturated rings. The lowest BCUT2D eigenvalue weighted by Gasteiger charge is -2.32. The van der Waals surface area contributed by atoms with Crippen LogP contribution in [0.5, 0.6) is 0 Å². The number of halogens is 2. The van der Waals surface area contributed by atoms with Gasteiger partial charge in [-0.15, -0.1) is 22.6 Å². The molecule has 2 aliphatic rings. The van der Waals surface area contributed by atoms with Crippen molar-refractivity contribution in [1.29, 1.82) is 0 Å². The number of fused-ring (bicyclic) bond motifs is 1. The van der Waals surface area contributed by atoms with Crippen LogP contribution in [0.25, 0.3) is 0 Å². The van der Waals surface area contributed by atoms with Gasteiger partial charge in [-0.05, 0) is 40.9 Å². The fraction of sp³-hybridized carbons (Fsp3) is 0.471. The van der Waals surface area contributed by atoms with Crippen LogP contribution in [0.15, 0.2) is 28.7 Å². The number of piperidine rings is 1. The first-order valence-corrected chi connectivity index (χ1v) is 9.20. The van der Waals surface area contributed by atoms with E-state index in [1.54, 1.807) is 0 Å². The second-order valence-corrected chi connectivity index (χ2v) is 7.20. The maximum atomic E-state index is 12.7. The molecule has 0 spiro atoms. The third-order valence-corrected chi connectivity index (χ3v) is 5.59. The van der Waals surface area contributed by atoms with Gasteiger partial charge in [0.25, 0.3) is 5.91 Å². The number of likely N-dealkylation sites (tertiary alicyclic amines) is 1. The highest BCUT2D eigenvalue weighted by molar-refractivity contribution is 9.10. The van der Waals surface area contributed by atoms with Gasteiger partial charge in [0, 0.05) is 36.6 Å². The van der Waals surface area contributed by atoms with Crippen molar-refractivity contribution in [3.8, 4) is 0 Å². The molecule has 134 valence electrons. The summed E-state index contributed by atoms with van der Waals surface area (Å²) in [6.45, 7) is 4.24. The molecule has 1 saturated heterocycles. The van der Waals surface area contributed by atoms with E-state index in [4.69, 9.17) is 0 Å². The van der Waals surface area contributed by atoms with E-state index in [-0.39, 0.29) is 18.3 Å². The fourth-order valence-electron chi connectivity index (χ4n) is 3.56. The van der Waals surface area contributed by atoms with Crippen molar-refractivity contribution in [3.05, 3.63) is 46.0 Å². The average molecular weight is 427 g/mol. The van der Waals surface area contributed by atoms with Gasteiger partial charge >= 0.3 is 0 Å². The van der Waals surface area contributed by atoms with Gasteiger partial charge in [-0.1, -0.05) is 12.1 Å². The minimum atomic E-state index is 0. The van der Waals surface area contributed by atoms with E-state index in [1.807, 2.05) is 29.2 Å². The summed E-state index contributed by atoms with van der Waals surface area (Å²) in [5.41, 5.74) is 0.738. The van der Waals surface area contributed by atoms with Crippen LogP contribution in [0.4, 0.5) is 0 Å². The Bertz CT molecular complexity index is 757. The third-order valence-electron chi connectivity index (χ3n) is 4.90. The Morgan fingerprint density at radius 2 is 1.92 bits per heavy atom. The molecule has 1 aromatic carbocycles. The van der Waals surface area contributed by atoms with E-state index < -0.39 is 0 Å². The maximum absolute atomic E-state index is 12.7. The number of amides is 1. The number of carbonyl (C=O) groups excluding carboxylic acids is 1. The Balaban J connectivity index is 0.00000182. The summed E-state index contributed by atoms with van der Waals surface area (Å²) in [7, 11) is 0. The highest BCUT2D eigenvalue weighted by Crippen LogP contribution is 2.29. The largest absolute Gasteiger partial charge is 0.339 e. The molecule has 0 bridgehead atoms. The van der Waals surface area contributed by atoms with E-state index in [2.05, 4.69) is 36.0 Å². The van der Waals surface area contributed by atoms with Crippen molar-refractivity contribution >= 4 is 34.2 Å². The van der Waals surface area contributed by atoms with Gasteiger partial charge in [-0.25, -0.2) is 0 Å². The minimum absolute atomic E-state index is 0. The lowest BCUT2D eigenvalue weighted by molar-refractivity contribution is 0.0709. The first-order valence-electron chi connectivity index (χ1n) is 8.40. The molecule has 0 aliphatic carbocycles. The first-order chi connectivity index (χ1) is 11.7. The van der Waals surface area contributed by atoms with Gasteiger partial charge in [-0.3, -0.25) is 4.79 Å². The number of benzene rings is 1. The van der Waals surface area contributed by atoms with E-state index in [0.29, 0.717) is 5.92 Å². The standard InChI is InChI=1S/C17H20BrN5O.ClH/c18-14-4-2-1-3-13(14)17(24)22-8-5-12(6-9-22)16-21-20-15-11-19-7-10-23(15)16;/h1-4,12,19H,5-11H2;1H. The number of carbonyl (C=O) groups is 1. The molecule has 1 amide bonds. The molecule has 8 heteroatoms. The SMILES string of the molecule is Cl.O=C(c1ccccc1Br)N1CCC(c2nnc3n2CCNC3)CC1. The quantitative estimate of drug-likeness (QED) is 0.802. The van der Waals surface area contributed by atoms with Crippen LogP contribution in [0.2, 0.25) is 0 Å². The normalized spacial score (nSPS) is 17.7. The van der Waals surface area contributed by atoms with Crippen LogP contribution < -0.4 is 5.32 Å². The van der Waals surface area contributed by atoms with Gasteiger partial charge in [-0.2, -0.15) is 0 Å². The van der Waals surface area contributed by atoms with Crippen LogP contribution in [-0.2, 0) is 13.1 Å². The van der Waals surface area contributed by atoms with Crippen LogP contribution in [0.3, 0.4) is 0 Å². The Hall–Kier alpha value is -1.44. The van der Waals surface area contributed by atoms with E-state index in [1.165, 1.54) is 0 Å². The Labute approximate surface area is 161 Å². The van der Waals surface area contributed by atoms with Gasteiger partial charge in [0.2, 0.25) is 0 Å². The van der Waals surface area contributed by atoms with E-state index in [0.717, 1.165) is 67.3 Å². The zero-order valence-corrected chi connectivity index (χ0v) is 16.2. The van der Waals surface area contributed by atoms with Crippen molar-refractivity contribution < 1.29 is 4.79 Å². The summed E-state index contributed by atoms with van der Waals surface area (Å²) in [5, 5.41) is 12.1. The highest BCUT2D eigenvalue weighted by Gasteiger charge is 2.29. The molecule has 0 atom stereocenters. The van der Waals surface area contributed by atoms with Gasteiger partial charge < -0.3 is 14.8 Å². The second kappa shape index (κ2) is 7.85. The van der Waals surface area contributed by atoms with E-state index in [9.17, 15) is 4.79 Å². The third kappa shape index (κ3) is 3.59. The monoisotopic (exact) mass is 425 g/mol. The molecular formula is C17H21BrClN5O.